The molecule has 0 aromatic heterocycles. The summed E-state index contributed by atoms with van der Waals surface area (Å²) in [5, 5.41) is 0. The van der Waals surface area contributed by atoms with Crippen molar-refractivity contribution in [3.8, 4) is 11.1 Å². The van der Waals surface area contributed by atoms with Crippen LogP contribution >= 0.6 is 0 Å². The predicted octanol–water partition coefficient (Wildman–Crippen LogP) is 6.85. The summed E-state index contributed by atoms with van der Waals surface area (Å²) in [6, 6.07) is 16.3. The number of carbonyl (C=O) groups is 2. The van der Waals surface area contributed by atoms with Gasteiger partial charge in [-0.3, -0.25) is 4.79 Å². The first-order chi connectivity index (χ1) is 19.6. The fraction of sp³-hybridized carbons (Fsp3) is 0.333. The van der Waals surface area contributed by atoms with Crippen molar-refractivity contribution in [1.82, 2.24) is 0 Å². The number of halogens is 2. The second-order valence-electron chi connectivity index (χ2n) is 10.9. The van der Waals surface area contributed by atoms with E-state index >= 15 is 4.39 Å². The van der Waals surface area contributed by atoms with Gasteiger partial charge in [0.15, 0.2) is 0 Å². The number of amides is 1. The monoisotopic (exact) mass is 545 g/mol. The highest BCUT2D eigenvalue weighted by Gasteiger charge is 2.44. The number of fused-ring (bicyclic) bond motifs is 2. The Kier molecular flexibility index (Phi) is 7.62. The van der Waals surface area contributed by atoms with Crippen LogP contribution in [0.3, 0.4) is 0 Å². The van der Waals surface area contributed by atoms with Crippen LogP contribution in [0.15, 0.2) is 66.7 Å². The zero-order chi connectivity index (χ0) is 29.3. The third-order valence-corrected chi connectivity index (χ3v) is 8.07. The number of rotatable bonds is 8. The number of hydrogen-bond donors (Lipinski definition) is 0. The molecule has 2 saturated carbocycles. The molecule has 208 valence electrons. The summed E-state index contributed by atoms with van der Waals surface area (Å²) < 4.78 is 44.2. The van der Waals surface area contributed by atoms with E-state index in [0.29, 0.717) is 17.0 Å². The molecule has 0 unspecified atom stereocenters. The number of nitrogens with zero attached hydrogens (tertiary/aromatic N) is 2. The molecule has 4 atom stereocenters. The maximum Gasteiger partial charge on any atom is 0.330 e. The highest BCUT2D eigenvalue weighted by atomic mass is 19.1. The number of ether oxygens (including phenoxy) is 1. The van der Waals surface area contributed by atoms with Crippen LogP contribution < -0.4 is 9.80 Å². The van der Waals surface area contributed by atoms with E-state index in [2.05, 4.69) is 4.74 Å². The van der Waals surface area contributed by atoms with Gasteiger partial charge in [0.05, 0.1) is 15.0 Å². The Morgan fingerprint density at radius 3 is 2.35 bits per heavy atom. The minimum atomic E-state index is -1.44. The number of anilines is 2. The number of methoxy groups -OCH3 is 1. The van der Waals surface area contributed by atoms with Gasteiger partial charge in [0.25, 0.3) is 0 Å². The van der Waals surface area contributed by atoms with Gasteiger partial charge in [0.2, 0.25) is 5.91 Å². The molecule has 2 aliphatic carbocycles. The summed E-state index contributed by atoms with van der Waals surface area (Å²) >= 11 is 0. The molecule has 0 radical (unpaired) electrons. The van der Waals surface area contributed by atoms with E-state index in [9.17, 15) is 14.0 Å². The maximum atomic E-state index is 15.7. The molecule has 2 fully saturated rings. The summed E-state index contributed by atoms with van der Waals surface area (Å²) in [4.78, 5) is 28.8. The highest BCUT2D eigenvalue weighted by molar-refractivity contribution is 5.96. The third-order valence-electron chi connectivity index (χ3n) is 8.07. The van der Waals surface area contributed by atoms with Gasteiger partial charge < -0.3 is 14.5 Å². The zero-order valence-corrected chi connectivity index (χ0v) is 22.9. The number of carbonyl (C=O) groups excluding carboxylic acids is 2. The highest BCUT2D eigenvalue weighted by Crippen LogP contribution is 2.49. The van der Waals surface area contributed by atoms with Crippen LogP contribution in [0, 0.1) is 29.4 Å². The van der Waals surface area contributed by atoms with Crippen molar-refractivity contribution in [2.75, 3.05) is 31.0 Å². The molecule has 0 N–H and O–H groups in total. The largest absolute Gasteiger partial charge is 0.466 e. The molecule has 0 heterocycles. The molecule has 7 heteroatoms. The molecule has 2 bridgehead atoms. The lowest BCUT2D eigenvalue weighted by Crippen LogP contribution is -2.38. The van der Waals surface area contributed by atoms with Gasteiger partial charge in [-0.25, -0.2) is 13.6 Å². The van der Waals surface area contributed by atoms with Crippen LogP contribution in [0.2, 0.25) is 0 Å². The molecule has 2 aliphatic rings. The Morgan fingerprint density at radius 2 is 1.73 bits per heavy atom. The third kappa shape index (κ3) is 5.93. The van der Waals surface area contributed by atoms with E-state index in [4.69, 9.17) is 1.37 Å². The van der Waals surface area contributed by atoms with Crippen molar-refractivity contribution in [2.24, 2.45) is 17.8 Å². The normalized spacial score (nSPS) is 20.8. The molecule has 0 saturated heterocycles. The van der Waals surface area contributed by atoms with Crippen molar-refractivity contribution in [3.63, 3.8) is 0 Å². The van der Waals surface area contributed by atoms with E-state index in [1.807, 2.05) is 43.3 Å². The van der Waals surface area contributed by atoms with E-state index in [0.717, 1.165) is 43.0 Å². The molecule has 0 aliphatic heterocycles. The zero-order valence-electron chi connectivity index (χ0n) is 23.9. The Bertz CT molecular complexity index is 1470. The van der Waals surface area contributed by atoms with E-state index < -0.39 is 24.1 Å². The second kappa shape index (κ2) is 11.6. The van der Waals surface area contributed by atoms with Crippen molar-refractivity contribution >= 4 is 29.3 Å². The van der Waals surface area contributed by atoms with Crippen LogP contribution in [-0.4, -0.2) is 33.1 Å². The molecule has 5 rings (SSSR count). The Labute approximate surface area is 235 Å². The number of benzene rings is 3. The van der Waals surface area contributed by atoms with Crippen molar-refractivity contribution < 1.29 is 24.5 Å². The molecule has 40 heavy (non-hydrogen) atoms. The SMILES string of the molecule is [2H][C@H](c1ccc(-c2ccc(N(C)C)cc2)cc1F)N(C(=O)[C@H]1C[C@H]2CC[C@@H]1C2)c1cc(F)cc(/C=C/C(=O)OC)c1. The smallest absolute Gasteiger partial charge is 0.330 e. The van der Waals surface area contributed by atoms with Crippen LogP contribution in [-0.2, 0) is 20.8 Å². The molecule has 1 amide bonds. The number of hydrogen-bond acceptors (Lipinski definition) is 4. The van der Waals surface area contributed by atoms with Crippen LogP contribution in [0.4, 0.5) is 20.2 Å². The first-order valence-corrected chi connectivity index (χ1v) is 13.5. The van der Waals surface area contributed by atoms with Gasteiger partial charge >= 0.3 is 5.97 Å². The lowest BCUT2D eigenvalue weighted by atomic mass is 9.87. The molecule has 5 nitrogen and oxygen atoms in total. The molecule has 3 aromatic carbocycles. The van der Waals surface area contributed by atoms with Gasteiger partial charge in [-0.1, -0.05) is 30.7 Å². The first-order valence-electron chi connectivity index (χ1n) is 14.1. The summed E-state index contributed by atoms with van der Waals surface area (Å²) in [6.45, 7) is -1.44. The Morgan fingerprint density at radius 1 is 0.975 bits per heavy atom. The maximum absolute atomic E-state index is 15.7. The minimum Gasteiger partial charge on any atom is -0.466 e. The molecule has 0 spiro atoms. The van der Waals surface area contributed by atoms with Gasteiger partial charge in [-0.2, -0.15) is 0 Å². The van der Waals surface area contributed by atoms with Gasteiger partial charge in [0.1, 0.15) is 11.6 Å². The minimum absolute atomic E-state index is 0.0195. The lowest BCUT2D eigenvalue weighted by Gasteiger charge is -2.30. The summed E-state index contributed by atoms with van der Waals surface area (Å²) in [5.74, 6) is -1.77. The molecule has 3 aromatic rings. The van der Waals surface area contributed by atoms with E-state index in [1.165, 1.54) is 48.4 Å². The average molecular weight is 546 g/mol. The van der Waals surface area contributed by atoms with Crippen molar-refractivity contribution in [2.45, 2.75) is 32.2 Å². The van der Waals surface area contributed by atoms with Gasteiger partial charge in [-0.15, -0.1) is 0 Å². The fourth-order valence-electron chi connectivity index (χ4n) is 5.96. The van der Waals surface area contributed by atoms with Crippen molar-refractivity contribution in [1.29, 1.82) is 0 Å². The molecular formula is C33H34F2N2O3. The van der Waals surface area contributed by atoms with Crippen LogP contribution in [0.25, 0.3) is 17.2 Å². The van der Waals surface area contributed by atoms with Gasteiger partial charge in [0, 0.05) is 43.0 Å². The standard InChI is InChI=1S/C33H34F2N2O3/c1-36(2)28-11-9-23(10-12-28)24-7-8-26(31(35)18-24)20-37(33(39)30-17-21-4-6-25(30)14-21)29-16-22(15-27(34)19-29)5-13-32(38)40-3/h5,7-13,15-16,18-19,21,25,30H,4,6,14,17,20H2,1-3H3/b13-5+/t21-,25+,30-/m0/s1/i20D/t20-,21+,25-,30+/m1. The topological polar surface area (TPSA) is 49.9 Å². The summed E-state index contributed by atoms with van der Waals surface area (Å²) in [7, 11) is 5.12. The van der Waals surface area contributed by atoms with Crippen LogP contribution in [0.1, 0.15) is 38.2 Å². The average Bonchev–Trinajstić information content (AvgIpc) is 3.60. The number of esters is 1. The van der Waals surface area contributed by atoms with E-state index in [-0.39, 0.29) is 29.0 Å². The quantitative estimate of drug-likeness (QED) is 0.229. The predicted molar refractivity (Wildman–Crippen MR) is 154 cm³/mol. The van der Waals surface area contributed by atoms with Crippen molar-refractivity contribution in [3.05, 3.63) is 89.5 Å². The molecular weight excluding hydrogens is 510 g/mol. The first kappa shape index (κ1) is 26.2. The fourth-order valence-corrected chi connectivity index (χ4v) is 5.96. The van der Waals surface area contributed by atoms with E-state index in [1.54, 1.807) is 6.07 Å². The van der Waals surface area contributed by atoms with Gasteiger partial charge in [-0.05, 0) is 90.3 Å². The Hall–Kier alpha value is -4.00. The second-order valence-corrected chi connectivity index (χ2v) is 10.9. The Balaban J connectivity index is 1.51. The summed E-state index contributed by atoms with van der Waals surface area (Å²) in [5.41, 5.74) is 2.97. The summed E-state index contributed by atoms with van der Waals surface area (Å²) in [6.07, 6.45) is 6.27. The lowest BCUT2D eigenvalue weighted by molar-refractivity contribution is -0.134. The van der Waals surface area contributed by atoms with Crippen LogP contribution in [0.5, 0.6) is 0 Å².